The zero-order chi connectivity index (χ0) is 19.7. The molecule has 0 radical (unpaired) electrons. The van der Waals surface area contributed by atoms with Crippen LogP contribution < -0.4 is 9.47 Å². The molecule has 7 heteroatoms. The van der Waals surface area contributed by atoms with Gasteiger partial charge in [-0.1, -0.05) is 18.2 Å². The van der Waals surface area contributed by atoms with Gasteiger partial charge in [0, 0.05) is 20.0 Å². The summed E-state index contributed by atoms with van der Waals surface area (Å²) in [6.07, 6.45) is 0.574. The molecule has 1 amide bonds. The fourth-order valence-electron chi connectivity index (χ4n) is 3.06. The van der Waals surface area contributed by atoms with E-state index in [1.165, 1.54) is 23.5 Å². The molecule has 0 saturated heterocycles. The summed E-state index contributed by atoms with van der Waals surface area (Å²) in [7, 11) is 1.77. The first-order valence-electron chi connectivity index (χ1n) is 8.84. The third kappa shape index (κ3) is 3.84. The van der Waals surface area contributed by atoms with Crippen LogP contribution in [0, 0.1) is 12.7 Å². The average molecular weight is 398 g/mol. The number of nitrogens with zero attached hydrogens (tertiary/aromatic N) is 2. The first-order chi connectivity index (χ1) is 13.5. The van der Waals surface area contributed by atoms with Gasteiger partial charge in [0.2, 0.25) is 6.79 Å². The molecule has 1 aliphatic heterocycles. The maximum Gasteiger partial charge on any atom is 0.265 e. The van der Waals surface area contributed by atoms with Crippen LogP contribution in [0.1, 0.15) is 31.5 Å². The van der Waals surface area contributed by atoms with Gasteiger partial charge < -0.3 is 14.4 Å². The highest BCUT2D eigenvalue weighted by molar-refractivity contribution is 7.13. The molecule has 2 heterocycles. The fraction of sp³-hybridized carbons (Fsp3) is 0.238. The Labute approximate surface area is 166 Å². The van der Waals surface area contributed by atoms with Crippen LogP contribution in [0.4, 0.5) is 4.39 Å². The highest BCUT2D eigenvalue weighted by atomic mass is 32.1. The third-order valence-electron chi connectivity index (χ3n) is 4.51. The van der Waals surface area contributed by atoms with Gasteiger partial charge in [0.05, 0.1) is 10.7 Å². The maximum atomic E-state index is 13.1. The second-order valence-electron chi connectivity index (χ2n) is 6.67. The standard InChI is InChI=1S/C21H19FN2O3S/c1-13-20(28-19(23-13)10-14-3-6-16(22)7-4-14)21(25)24(2)11-15-5-8-17-18(9-15)27-12-26-17/h3-9H,10-12H2,1-2H3. The van der Waals surface area contributed by atoms with Gasteiger partial charge in [-0.15, -0.1) is 11.3 Å². The van der Waals surface area contributed by atoms with Crippen molar-refractivity contribution in [2.45, 2.75) is 19.9 Å². The third-order valence-corrected chi connectivity index (χ3v) is 5.65. The minimum absolute atomic E-state index is 0.0713. The molecule has 0 bridgehead atoms. The first-order valence-corrected chi connectivity index (χ1v) is 9.66. The van der Waals surface area contributed by atoms with Crippen LogP contribution in [-0.4, -0.2) is 29.6 Å². The number of fused-ring (bicyclic) bond motifs is 1. The van der Waals surface area contributed by atoms with E-state index in [-0.39, 0.29) is 18.5 Å². The van der Waals surface area contributed by atoms with Crippen molar-refractivity contribution < 1.29 is 18.7 Å². The summed E-state index contributed by atoms with van der Waals surface area (Å²) in [5.41, 5.74) is 2.64. The van der Waals surface area contributed by atoms with Crippen molar-refractivity contribution in [2.24, 2.45) is 0 Å². The van der Waals surface area contributed by atoms with E-state index in [9.17, 15) is 9.18 Å². The number of carbonyl (C=O) groups excluding carboxylic acids is 1. The van der Waals surface area contributed by atoms with Crippen LogP contribution in [0.2, 0.25) is 0 Å². The molecule has 0 N–H and O–H groups in total. The summed E-state index contributed by atoms with van der Waals surface area (Å²) in [6.45, 7) is 2.52. The molecular formula is C21H19FN2O3S. The zero-order valence-corrected chi connectivity index (χ0v) is 16.4. The quantitative estimate of drug-likeness (QED) is 0.647. The predicted molar refractivity (Wildman–Crippen MR) is 104 cm³/mol. The predicted octanol–water partition coefficient (Wildman–Crippen LogP) is 4.18. The van der Waals surface area contributed by atoms with Gasteiger partial charge in [-0.3, -0.25) is 4.79 Å². The summed E-state index contributed by atoms with van der Waals surface area (Å²) >= 11 is 1.38. The van der Waals surface area contributed by atoms with Crippen LogP contribution >= 0.6 is 11.3 Å². The number of carbonyl (C=O) groups is 1. The average Bonchev–Trinajstić information content (AvgIpc) is 3.28. The van der Waals surface area contributed by atoms with E-state index in [4.69, 9.17) is 9.47 Å². The molecule has 0 saturated carbocycles. The summed E-state index contributed by atoms with van der Waals surface area (Å²) < 4.78 is 23.8. The molecule has 0 spiro atoms. The minimum atomic E-state index is -0.264. The Balaban J connectivity index is 1.46. The Bertz CT molecular complexity index is 1020. The number of rotatable bonds is 5. The van der Waals surface area contributed by atoms with Crippen molar-refractivity contribution in [3.63, 3.8) is 0 Å². The lowest BCUT2D eigenvalue weighted by Crippen LogP contribution is -2.26. The number of benzene rings is 2. The normalized spacial score (nSPS) is 12.2. The van der Waals surface area contributed by atoms with Gasteiger partial charge in [0.15, 0.2) is 11.5 Å². The lowest BCUT2D eigenvalue weighted by molar-refractivity contribution is 0.0788. The number of thiazole rings is 1. The molecule has 144 valence electrons. The van der Waals surface area contributed by atoms with Gasteiger partial charge in [0.25, 0.3) is 5.91 Å². The monoisotopic (exact) mass is 398 g/mol. The minimum Gasteiger partial charge on any atom is -0.454 e. The molecular weight excluding hydrogens is 379 g/mol. The van der Waals surface area contributed by atoms with Crippen LogP contribution in [0.25, 0.3) is 0 Å². The zero-order valence-electron chi connectivity index (χ0n) is 15.6. The van der Waals surface area contributed by atoms with Crippen molar-refractivity contribution in [1.29, 1.82) is 0 Å². The number of aryl methyl sites for hydroxylation is 1. The van der Waals surface area contributed by atoms with Gasteiger partial charge >= 0.3 is 0 Å². The Kier molecular flexibility index (Phi) is 5.00. The second kappa shape index (κ2) is 7.59. The number of hydrogen-bond acceptors (Lipinski definition) is 5. The van der Waals surface area contributed by atoms with Crippen molar-refractivity contribution >= 4 is 17.2 Å². The summed E-state index contributed by atoms with van der Waals surface area (Å²) in [5.74, 6) is 1.09. The largest absolute Gasteiger partial charge is 0.454 e. The van der Waals surface area contributed by atoms with Gasteiger partial charge in [-0.25, -0.2) is 9.37 Å². The molecule has 28 heavy (non-hydrogen) atoms. The number of aromatic nitrogens is 1. The first kappa shape index (κ1) is 18.4. The Hall–Kier alpha value is -2.93. The van der Waals surface area contributed by atoms with Crippen molar-refractivity contribution in [1.82, 2.24) is 9.88 Å². The van der Waals surface area contributed by atoms with Crippen LogP contribution in [0.5, 0.6) is 11.5 Å². The Morgan fingerprint density at radius 3 is 2.64 bits per heavy atom. The topological polar surface area (TPSA) is 51.7 Å². The SMILES string of the molecule is Cc1nc(Cc2ccc(F)cc2)sc1C(=O)N(C)Cc1ccc2c(c1)OCO2. The fourth-order valence-corrected chi connectivity index (χ4v) is 4.16. The molecule has 5 nitrogen and oxygen atoms in total. The van der Waals surface area contributed by atoms with E-state index in [0.29, 0.717) is 29.3 Å². The van der Waals surface area contributed by atoms with Gasteiger partial charge in [0.1, 0.15) is 10.7 Å². The highest BCUT2D eigenvalue weighted by Crippen LogP contribution is 2.33. The molecule has 0 fully saturated rings. The molecule has 1 aliphatic rings. The Morgan fingerprint density at radius 2 is 1.86 bits per heavy atom. The molecule has 1 aromatic heterocycles. The van der Waals surface area contributed by atoms with E-state index in [1.807, 2.05) is 25.1 Å². The van der Waals surface area contributed by atoms with Crippen molar-refractivity contribution in [2.75, 3.05) is 13.8 Å². The smallest absolute Gasteiger partial charge is 0.265 e. The molecule has 0 aliphatic carbocycles. The summed E-state index contributed by atoms with van der Waals surface area (Å²) in [6, 6.07) is 12.0. The van der Waals surface area contributed by atoms with Crippen molar-refractivity contribution in [3.8, 4) is 11.5 Å². The number of halogens is 1. The molecule has 2 aromatic carbocycles. The lowest BCUT2D eigenvalue weighted by atomic mass is 10.1. The Morgan fingerprint density at radius 1 is 1.14 bits per heavy atom. The van der Waals surface area contributed by atoms with E-state index >= 15 is 0 Å². The van der Waals surface area contributed by atoms with Crippen LogP contribution in [-0.2, 0) is 13.0 Å². The number of hydrogen-bond donors (Lipinski definition) is 0. The molecule has 0 atom stereocenters. The highest BCUT2D eigenvalue weighted by Gasteiger charge is 2.20. The van der Waals surface area contributed by atoms with Crippen molar-refractivity contribution in [3.05, 3.63) is 75.0 Å². The van der Waals surface area contributed by atoms with E-state index in [0.717, 1.165) is 21.9 Å². The van der Waals surface area contributed by atoms with Crippen LogP contribution in [0.15, 0.2) is 42.5 Å². The summed E-state index contributed by atoms with van der Waals surface area (Å²) in [4.78, 5) is 19.7. The summed E-state index contributed by atoms with van der Waals surface area (Å²) in [5, 5.41) is 0.837. The number of ether oxygens (including phenoxy) is 2. The molecule has 3 aromatic rings. The van der Waals surface area contributed by atoms with Gasteiger partial charge in [-0.2, -0.15) is 0 Å². The molecule has 0 unspecified atom stereocenters. The molecule has 4 rings (SSSR count). The van der Waals surface area contributed by atoms with E-state index in [2.05, 4.69) is 4.98 Å². The maximum absolute atomic E-state index is 13.1. The van der Waals surface area contributed by atoms with Crippen LogP contribution in [0.3, 0.4) is 0 Å². The van der Waals surface area contributed by atoms with Gasteiger partial charge in [-0.05, 0) is 42.3 Å². The van der Waals surface area contributed by atoms with E-state index in [1.54, 1.807) is 24.1 Å². The van der Waals surface area contributed by atoms with E-state index < -0.39 is 0 Å². The number of amides is 1. The lowest BCUT2D eigenvalue weighted by Gasteiger charge is -2.16. The second-order valence-corrected chi connectivity index (χ2v) is 7.76.